The Bertz CT molecular complexity index is 1150. The van der Waals surface area contributed by atoms with Crippen molar-refractivity contribution in [2.75, 3.05) is 24.3 Å². The SMILES string of the molecule is COC(=O)c1sccc1NC(=O)N1CCCC1c1nnc(C(=O)Nc2ccc(Cl)cc2)s1. The van der Waals surface area contributed by atoms with E-state index in [-0.39, 0.29) is 23.0 Å². The van der Waals surface area contributed by atoms with E-state index in [4.69, 9.17) is 16.3 Å². The van der Waals surface area contributed by atoms with Crippen LogP contribution in [0.2, 0.25) is 5.02 Å². The number of halogens is 1. The summed E-state index contributed by atoms with van der Waals surface area (Å²) in [4.78, 5) is 39.2. The second kappa shape index (κ2) is 9.63. The number of thiophene rings is 1. The number of urea groups is 1. The zero-order chi connectivity index (χ0) is 22.7. The number of carbonyl (C=O) groups excluding carboxylic acids is 3. The van der Waals surface area contributed by atoms with Crippen molar-refractivity contribution in [3.8, 4) is 0 Å². The fraction of sp³-hybridized carbons (Fsp3) is 0.250. The molecule has 166 valence electrons. The molecule has 0 spiro atoms. The summed E-state index contributed by atoms with van der Waals surface area (Å²) < 4.78 is 4.75. The first-order valence-corrected chi connectivity index (χ1v) is 11.7. The van der Waals surface area contributed by atoms with E-state index < -0.39 is 5.97 Å². The number of aromatic nitrogens is 2. The predicted molar refractivity (Wildman–Crippen MR) is 123 cm³/mol. The van der Waals surface area contributed by atoms with Crippen LogP contribution in [-0.2, 0) is 4.74 Å². The molecule has 12 heteroatoms. The number of hydrogen-bond acceptors (Lipinski definition) is 8. The highest BCUT2D eigenvalue weighted by atomic mass is 35.5. The van der Waals surface area contributed by atoms with Gasteiger partial charge in [0.1, 0.15) is 9.88 Å². The first kappa shape index (κ1) is 22.2. The molecule has 2 aromatic heterocycles. The summed E-state index contributed by atoms with van der Waals surface area (Å²) in [7, 11) is 1.29. The number of nitrogens with one attached hydrogen (secondary N) is 2. The maximum atomic E-state index is 12.9. The van der Waals surface area contributed by atoms with Crippen molar-refractivity contribution in [3.05, 3.63) is 55.6 Å². The second-order valence-corrected chi connectivity index (χ2v) is 9.20. The van der Waals surface area contributed by atoms with E-state index in [2.05, 4.69) is 20.8 Å². The van der Waals surface area contributed by atoms with Crippen LogP contribution in [0, 0.1) is 0 Å². The van der Waals surface area contributed by atoms with Gasteiger partial charge in [0.05, 0.1) is 18.8 Å². The van der Waals surface area contributed by atoms with Crippen molar-refractivity contribution in [3.63, 3.8) is 0 Å². The number of methoxy groups -OCH3 is 1. The second-order valence-electron chi connectivity index (χ2n) is 6.84. The molecular weight excluding hydrogens is 474 g/mol. The molecule has 1 aromatic carbocycles. The summed E-state index contributed by atoms with van der Waals surface area (Å²) in [6.45, 7) is 0.528. The van der Waals surface area contributed by atoms with Crippen molar-refractivity contribution in [2.45, 2.75) is 18.9 Å². The molecule has 0 saturated carbocycles. The molecular formula is C20H18ClN5O4S2. The molecule has 1 saturated heterocycles. The molecule has 3 amide bonds. The number of esters is 1. The first-order valence-electron chi connectivity index (χ1n) is 9.60. The van der Waals surface area contributed by atoms with Crippen LogP contribution in [-0.4, -0.2) is 46.7 Å². The molecule has 1 aliphatic heterocycles. The van der Waals surface area contributed by atoms with Gasteiger partial charge in [-0.05, 0) is 48.6 Å². The average Bonchev–Trinajstić information content (AvgIpc) is 3.54. The molecule has 0 radical (unpaired) electrons. The topological polar surface area (TPSA) is 114 Å². The summed E-state index contributed by atoms with van der Waals surface area (Å²) in [6.07, 6.45) is 1.49. The molecule has 0 bridgehead atoms. The Labute approximate surface area is 196 Å². The third-order valence-corrected chi connectivity index (χ3v) is 6.98. The summed E-state index contributed by atoms with van der Waals surface area (Å²) in [6, 6.07) is 7.75. The van der Waals surface area contributed by atoms with Gasteiger partial charge in [-0.15, -0.1) is 21.5 Å². The molecule has 0 aliphatic carbocycles. The number of nitrogens with zero attached hydrogens (tertiary/aromatic N) is 3. The lowest BCUT2D eigenvalue weighted by atomic mass is 10.2. The Hall–Kier alpha value is -3.02. The van der Waals surface area contributed by atoms with Crippen LogP contribution in [0.3, 0.4) is 0 Å². The summed E-state index contributed by atoms with van der Waals surface area (Å²) in [5, 5.41) is 16.8. The molecule has 1 unspecified atom stereocenters. The number of ether oxygens (including phenoxy) is 1. The van der Waals surface area contributed by atoms with Gasteiger partial charge < -0.3 is 20.3 Å². The van der Waals surface area contributed by atoms with Crippen LogP contribution in [0.5, 0.6) is 0 Å². The van der Waals surface area contributed by atoms with Gasteiger partial charge in [-0.3, -0.25) is 4.79 Å². The first-order chi connectivity index (χ1) is 15.5. The molecule has 1 aliphatic rings. The average molecular weight is 492 g/mol. The normalized spacial score (nSPS) is 15.4. The third kappa shape index (κ3) is 4.74. The van der Waals surface area contributed by atoms with Gasteiger partial charge in [0.2, 0.25) is 5.01 Å². The molecule has 3 aromatic rings. The molecule has 9 nitrogen and oxygen atoms in total. The standard InChI is InChI=1S/C20H18ClN5O4S2/c1-30-19(28)15-13(8-10-31-15)23-20(29)26-9-2-3-14(26)17-24-25-18(32-17)16(27)22-12-6-4-11(21)5-7-12/h4-8,10,14H,2-3,9H2,1H3,(H,22,27)(H,23,29). The Morgan fingerprint density at radius 1 is 1.16 bits per heavy atom. The largest absolute Gasteiger partial charge is 0.465 e. The van der Waals surface area contributed by atoms with Crippen LogP contribution in [0.15, 0.2) is 35.7 Å². The minimum Gasteiger partial charge on any atom is -0.465 e. The highest BCUT2D eigenvalue weighted by Gasteiger charge is 2.34. The van der Waals surface area contributed by atoms with Crippen molar-refractivity contribution in [1.29, 1.82) is 0 Å². The number of likely N-dealkylation sites (tertiary alicyclic amines) is 1. The van der Waals surface area contributed by atoms with Gasteiger partial charge in [-0.25, -0.2) is 9.59 Å². The number of anilines is 2. The van der Waals surface area contributed by atoms with E-state index in [9.17, 15) is 14.4 Å². The Balaban J connectivity index is 1.44. The van der Waals surface area contributed by atoms with Crippen LogP contribution in [0.4, 0.5) is 16.2 Å². The lowest BCUT2D eigenvalue weighted by Crippen LogP contribution is -2.34. The number of rotatable bonds is 5. The Morgan fingerprint density at radius 3 is 2.69 bits per heavy atom. The molecule has 1 atom stereocenters. The van der Waals surface area contributed by atoms with Crippen LogP contribution in [0.1, 0.15) is 43.4 Å². The van der Waals surface area contributed by atoms with Crippen molar-refractivity contribution < 1.29 is 19.1 Å². The maximum absolute atomic E-state index is 12.9. The lowest BCUT2D eigenvalue weighted by molar-refractivity contribution is 0.0607. The van der Waals surface area contributed by atoms with E-state index in [1.54, 1.807) is 40.6 Å². The molecule has 1 fully saturated rings. The number of carbonyl (C=O) groups is 3. The van der Waals surface area contributed by atoms with Crippen LogP contribution >= 0.6 is 34.3 Å². The van der Waals surface area contributed by atoms with E-state index >= 15 is 0 Å². The molecule has 4 rings (SSSR count). The quantitative estimate of drug-likeness (QED) is 0.502. The van der Waals surface area contributed by atoms with Gasteiger partial charge in [0.15, 0.2) is 0 Å². The molecule has 3 heterocycles. The molecule has 32 heavy (non-hydrogen) atoms. The van der Waals surface area contributed by atoms with Gasteiger partial charge in [0, 0.05) is 17.3 Å². The fourth-order valence-corrected chi connectivity index (χ4v) is 5.07. The van der Waals surface area contributed by atoms with Crippen LogP contribution < -0.4 is 10.6 Å². The van der Waals surface area contributed by atoms with E-state index in [1.165, 1.54) is 18.4 Å². The van der Waals surface area contributed by atoms with Crippen molar-refractivity contribution in [1.82, 2.24) is 15.1 Å². The number of hydrogen-bond donors (Lipinski definition) is 2. The maximum Gasteiger partial charge on any atom is 0.350 e. The van der Waals surface area contributed by atoms with Gasteiger partial charge in [-0.1, -0.05) is 22.9 Å². The smallest absolute Gasteiger partial charge is 0.350 e. The summed E-state index contributed by atoms with van der Waals surface area (Å²) in [5.74, 6) is -0.889. The highest BCUT2D eigenvalue weighted by molar-refractivity contribution is 7.13. The minimum absolute atomic E-state index is 0.202. The van der Waals surface area contributed by atoms with E-state index in [0.29, 0.717) is 39.2 Å². The summed E-state index contributed by atoms with van der Waals surface area (Å²) in [5.41, 5.74) is 0.994. The summed E-state index contributed by atoms with van der Waals surface area (Å²) >= 11 is 8.20. The van der Waals surface area contributed by atoms with Crippen molar-refractivity contribution >= 4 is 63.6 Å². The fourth-order valence-electron chi connectivity index (χ4n) is 3.29. The monoisotopic (exact) mass is 491 g/mol. The van der Waals surface area contributed by atoms with E-state index in [0.717, 1.165) is 17.8 Å². The predicted octanol–water partition coefficient (Wildman–Crippen LogP) is 4.66. The van der Waals surface area contributed by atoms with Crippen LogP contribution in [0.25, 0.3) is 0 Å². The zero-order valence-corrected chi connectivity index (χ0v) is 19.2. The Morgan fingerprint density at radius 2 is 1.94 bits per heavy atom. The van der Waals surface area contributed by atoms with Gasteiger partial charge in [0.25, 0.3) is 5.91 Å². The van der Waals surface area contributed by atoms with Gasteiger partial charge in [-0.2, -0.15) is 0 Å². The third-order valence-electron chi connectivity index (χ3n) is 4.81. The minimum atomic E-state index is -0.506. The highest BCUT2D eigenvalue weighted by Crippen LogP contribution is 2.35. The van der Waals surface area contributed by atoms with E-state index in [1.807, 2.05) is 0 Å². The number of amides is 3. The number of benzene rings is 1. The van der Waals surface area contributed by atoms with Crippen molar-refractivity contribution in [2.24, 2.45) is 0 Å². The molecule has 2 N–H and O–H groups in total. The lowest BCUT2D eigenvalue weighted by Gasteiger charge is -2.23. The van der Waals surface area contributed by atoms with Gasteiger partial charge >= 0.3 is 12.0 Å². The Kier molecular flexibility index (Phi) is 6.68. The zero-order valence-electron chi connectivity index (χ0n) is 16.8.